The van der Waals surface area contributed by atoms with E-state index in [9.17, 15) is 13.2 Å². The molecule has 0 saturated carbocycles. The number of rotatable bonds is 3. The number of nitrogens with zero attached hydrogens (tertiary/aromatic N) is 1. The first-order valence-corrected chi connectivity index (χ1v) is 9.01. The fourth-order valence-electron chi connectivity index (χ4n) is 2.09. The minimum Gasteiger partial charge on any atom is -0.370 e. The van der Waals surface area contributed by atoms with Crippen molar-refractivity contribution in [3.05, 3.63) is 52.0 Å². The summed E-state index contributed by atoms with van der Waals surface area (Å²) >= 11 is 3.24. The van der Waals surface area contributed by atoms with Crippen molar-refractivity contribution in [2.24, 2.45) is 21.6 Å². The van der Waals surface area contributed by atoms with E-state index in [1.54, 1.807) is 12.1 Å². The van der Waals surface area contributed by atoms with Crippen molar-refractivity contribution in [3.8, 4) is 11.1 Å². The highest BCUT2D eigenvalue weighted by atomic mass is 79.9. The molecule has 0 radical (unpaired) electrons. The average Bonchev–Trinajstić information content (AvgIpc) is 2.45. The van der Waals surface area contributed by atoms with Gasteiger partial charge in [0.2, 0.25) is 10.0 Å². The predicted molar refractivity (Wildman–Crippen MR) is 95.8 cm³/mol. The van der Waals surface area contributed by atoms with Gasteiger partial charge in [0.15, 0.2) is 5.96 Å². The van der Waals surface area contributed by atoms with E-state index in [-0.39, 0.29) is 10.5 Å². The van der Waals surface area contributed by atoms with E-state index >= 15 is 0 Å². The topological polar surface area (TPSA) is 142 Å². The molecule has 0 spiro atoms. The Morgan fingerprint density at radius 2 is 1.71 bits per heavy atom. The molecule has 0 fully saturated rings. The molecular formula is C15H15BrN4O3S. The molecule has 0 aromatic heterocycles. The summed E-state index contributed by atoms with van der Waals surface area (Å²) in [6.45, 7) is 1.91. The number of nitrogens with two attached hydrogens (primary N) is 3. The number of aryl methyl sites for hydroxylation is 1. The van der Waals surface area contributed by atoms with Crippen LogP contribution in [0.5, 0.6) is 0 Å². The maximum Gasteiger partial charge on any atom is 0.281 e. The van der Waals surface area contributed by atoms with Gasteiger partial charge in [0, 0.05) is 10.0 Å². The molecule has 1 amide bonds. The molecule has 0 atom stereocenters. The van der Waals surface area contributed by atoms with Crippen molar-refractivity contribution in [2.75, 3.05) is 0 Å². The zero-order valence-corrected chi connectivity index (χ0v) is 15.1. The first-order chi connectivity index (χ1) is 11.1. The number of primary sulfonamides is 1. The zero-order chi connectivity index (χ0) is 18.1. The van der Waals surface area contributed by atoms with Crippen LogP contribution in [0.2, 0.25) is 0 Å². The SMILES string of the molecule is Cc1ccc(-c2cc(Br)c(C(=O)N=C(N)N)cc2S(N)(=O)=O)cc1. The minimum atomic E-state index is -4.08. The van der Waals surface area contributed by atoms with Gasteiger partial charge < -0.3 is 11.5 Å². The van der Waals surface area contributed by atoms with Crippen LogP contribution in [0.15, 0.2) is 50.8 Å². The number of carbonyl (C=O) groups is 1. The monoisotopic (exact) mass is 410 g/mol. The number of benzene rings is 2. The van der Waals surface area contributed by atoms with Crippen molar-refractivity contribution < 1.29 is 13.2 Å². The first-order valence-electron chi connectivity index (χ1n) is 6.67. The van der Waals surface area contributed by atoms with Crippen LogP contribution in [0, 0.1) is 6.92 Å². The van der Waals surface area contributed by atoms with Crippen LogP contribution < -0.4 is 16.6 Å². The van der Waals surface area contributed by atoms with Crippen LogP contribution in [-0.4, -0.2) is 20.3 Å². The normalized spacial score (nSPS) is 11.1. The number of guanidine groups is 1. The van der Waals surface area contributed by atoms with Gasteiger partial charge >= 0.3 is 0 Å². The number of amides is 1. The van der Waals surface area contributed by atoms with Crippen LogP contribution in [0.25, 0.3) is 11.1 Å². The van der Waals surface area contributed by atoms with E-state index in [1.807, 2.05) is 19.1 Å². The zero-order valence-electron chi connectivity index (χ0n) is 12.7. The highest BCUT2D eigenvalue weighted by Crippen LogP contribution is 2.33. The number of carbonyl (C=O) groups excluding carboxylic acids is 1. The van der Waals surface area contributed by atoms with Crippen LogP contribution in [0.3, 0.4) is 0 Å². The molecule has 24 heavy (non-hydrogen) atoms. The van der Waals surface area contributed by atoms with Gasteiger partial charge in [-0.3, -0.25) is 4.79 Å². The average molecular weight is 411 g/mol. The quantitative estimate of drug-likeness (QED) is 0.518. The van der Waals surface area contributed by atoms with E-state index in [4.69, 9.17) is 16.6 Å². The molecular weight excluding hydrogens is 396 g/mol. The molecule has 7 nitrogen and oxygen atoms in total. The molecule has 0 heterocycles. The third-order valence-electron chi connectivity index (χ3n) is 3.20. The van der Waals surface area contributed by atoms with E-state index in [2.05, 4.69) is 20.9 Å². The molecule has 0 saturated heterocycles. The molecule has 2 rings (SSSR count). The second-order valence-electron chi connectivity index (χ2n) is 5.08. The lowest BCUT2D eigenvalue weighted by Crippen LogP contribution is -2.24. The summed E-state index contributed by atoms with van der Waals surface area (Å²) in [6, 6.07) is 9.87. The van der Waals surface area contributed by atoms with E-state index in [0.717, 1.165) is 11.6 Å². The van der Waals surface area contributed by atoms with E-state index in [0.29, 0.717) is 15.6 Å². The summed E-state index contributed by atoms with van der Waals surface area (Å²) < 4.78 is 24.3. The molecule has 0 aliphatic carbocycles. The molecule has 0 bridgehead atoms. The summed E-state index contributed by atoms with van der Waals surface area (Å²) in [5, 5.41) is 5.31. The molecule has 2 aromatic rings. The fourth-order valence-corrected chi connectivity index (χ4v) is 3.37. The van der Waals surface area contributed by atoms with Gasteiger partial charge in [-0.1, -0.05) is 29.8 Å². The fraction of sp³-hybridized carbons (Fsp3) is 0.0667. The van der Waals surface area contributed by atoms with Crippen molar-refractivity contribution in [1.82, 2.24) is 0 Å². The van der Waals surface area contributed by atoms with E-state index in [1.165, 1.54) is 6.07 Å². The first kappa shape index (κ1) is 18.1. The summed E-state index contributed by atoms with van der Waals surface area (Å²) in [6.07, 6.45) is 0. The molecule has 0 aliphatic rings. The molecule has 9 heteroatoms. The Balaban J connectivity index is 2.74. The van der Waals surface area contributed by atoms with Crippen LogP contribution in [-0.2, 0) is 10.0 Å². The molecule has 6 N–H and O–H groups in total. The van der Waals surface area contributed by atoms with Crippen molar-refractivity contribution in [1.29, 1.82) is 0 Å². The number of aliphatic imine (C=N–C) groups is 1. The molecule has 126 valence electrons. The lowest BCUT2D eigenvalue weighted by Gasteiger charge is -2.12. The third-order valence-corrected chi connectivity index (χ3v) is 4.81. The summed E-state index contributed by atoms with van der Waals surface area (Å²) in [4.78, 5) is 15.3. The predicted octanol–water partition coefficient (Wildman–Crippen LogP) is 1.49. The Morgan fingerprint density at radius 3 is 2.21 bits per heavy atom. The van der Waals surface area contributed by atoms with Gasteiger partial charge in [-0.05, 0) is 40.5 Å². The Kier molecular flexibility index (Phi) is 5.07. The summed E-state index contributed by atoms with van der Waals surface area (Å²) in [7, 11) is -4.08. The standard InChI is InChI=1S/C15H15BrN4O3S/c1-8-2-4-9(5-3-8)10-6-12(16)11(14(21)20-15(17)18)7-13(10)24(19,22)23/h2-7H,1H3,(H2,19,22,23)(H4,17,18,20,21). The number of halogens is 1. The van der Waals surface area contributed by atoms with Gasteiger partial charge in [-0.2, -0.15) is 4.99 Å². The third kappa shape index (κ3) is 3.99. The second-order valence-corrected chi connectivity index (χ2v) is 7.47. The lowest BCUT2D eigenvalue weighted by atomic mass is 10.0. The summed E-state index contributed by atoms with van der Waals surface area (Å²) in [5.41, 5.74) is 12.4. The highest BCUT2D eigenvalue weighted by molar-refractivity contribution is 9.10. The van der Waals surface area contributed by atoms with Gasteiger partial charge in [0.1, 0.15) is 0 Å². The number of hydrogen-bond acceptors (Lipinski definition) is 3. The van der Waals surface area contributed by atoms with Gasteiger partial charge in [0.05, 0.1) is 10.5 Å². The minimum absolute atomic E-state index is 0.0108. The van der Waals surface area contributed by atoms with Crippen molar-refractivity contribution in [3.63, 3.8) is 0 Å². The molecule has 0 aliphatic heterocycles. The number of sulfonamides is 1. The maximum absolute atomic E-state index is 12.0. The van der Waals surface area contributed by atoms with Crippen LogP contribution >= 0.6 is 15.9 Å². The molecule has 0 unspecified atom stereocenters. The Hall–Kier alpha value is -2.23. The summed E-state index contributed by atoms with van der Waals surface area (Å²) in [5.74, 6) is -1.20. The highest BCUT2D eigenvalue weighted by Gasteiger charge is 2.21. The molecule has 2 aromatic carbocycles. The second kappa shape index (κ2) is 6.71. The lowest BCUT2D eigenvalue weighted by molar-refractivity contribution is 0.100. The van der Waals surface area contributed by atoms with Gasteiger partial charge in [0.25, 0.3) is 5.91 Å². The number of hydrogen-bond donors (Lipinski definition) is 3. The van der Waals surface area contributed by atoms with Gasteiger partial charge in [-0.25, -0.2) is 13.6 Å². The Bertz CT molecular complexity index is 934. The van der Waals surface area contributed by atoms with E-state index < -0.39 is 21.9 Å². The van der Waals surface area contributed by atoms with Crippen molar-refractivity contribution in [2.45, 2.75) is 11.8 Å². The van der Waals surface area contributed by atoms with Crippen LogP contribution in [0.4, 0.5) is 0 Å². The maximum atomic E-state index is 12.0. The Labute approximate surface area is 147 Å². The van der Waals surface area contributed by atoms with Crippen LogP contribution in [0.1, 0.15) is 15.9 Å². The van der Waals surface area contributed by atoms with Gasteiger partial charge in [-0.15, -0.1) is 0 Å². The van der Waals surface area contributed by atoms with Crippen molar-refractivity contribution >= 4 is 37.8 Å². The Morgan fingerprint density at radius 1 is 1.12 bits per heavy atom. The smallest absolute Gasteiger partial charge is 0.281 e. The largest absolute Gasteiger partial charge is 0.370 e.